The Labute approximate surface area is 75.2 Å². The van der Waals surface area contributed by atoms with Gasteiger partial charge in [-0.05, 0) is 18.2 Å². The minimum atomic E-state index is -3.74. The van der Waals surface area contributed by atoms with Gasteiger partial charge >= 0.3 is 0 Å². The smallest absolute Gasteiger partial charge is 0.239 e. The van der Waals surface area contributed by atoms with E-state index in [-0.39, 0.29) is 9.92 Å². The van der Waals surface area contributed by atoms with Gasteiger partial charge in [0.1, 0.15) is 4.90 Å². The molecule has 0 aliphatic heterocycles. The highest BCUT2D eigenvalue weighted by Gasteiger charge is 2.11. The largest absolute Gasteiger partial charge is 0.399 e. The second kappa shape index (κ2) is 2.93. The average molecular weight is 207 g/mol. The fourth-order valence-corrected chi connectivity index (χ4v) is 1.85. The predicted molar refractivity (Wildman–Crippen MR) is 47.2 cm³/mol. The molecule has 1 aromatic rings. The maximum atomic E-state index is 10.8. The molecule has 0 spiro atoms. The summed E-state index contributed by atoms with van der Waals surface area (Å²) >= 11 is 5.57. The van der Waals surface area contributed by atoms with E-state index in [0.29, 0.717) is 5.69 Å². The van der Waals surface area contributed by atoms with Crippen molar-refractivity contribution >= 4 is 27.3 Å². The summed E-state index contributed by atoms with van der Waals surface area (Å²) in [6.07, 6.45) is 0. The highest BCUT2D eigenvalue weighted by Crippen LogP contribution is 2.22. The van der Waals surface area contributed by atoms with Crippen LogP contribution in [0, 0.1) is 0 Å². The number of hydrogen-bond donors (Lipinski definition) is 2. The molecule has 0 unspecified atom stereocenters. The van der Waals surface area contributed by atoms with Crippen LogP contribution in [0.2, 0.25) is 5.02 Å². The van der Waals surface area contributed by atoms with Crippen LogP contribution in [0.3, 0.4) is 0 Å². The zero-order valence-corrected chi connectivity index (χ0v) is 7.56. The molecule has 12 heavy (non-hydrogen) atoms. The summed E-state index contributed by atoms with van der Waals surface area (Å²) in [5.41, 5.74) is 5.75. The van der Waals surface area contributed by atoms with Gasteiger partial charge in [-0.15, -0.1) is 0 Å². The van der Waals surface area contributed by atoms with Crippen LogP contribution in [0.5, 0.6) is 0 Å². The summed E-state index contributed by atoms with van der Waals surface area (Å²) < 4.78 is 21.6. The summed E-state index contributed by atoms with van der Waals surface area (Å²) in [5.74, 6) is 0. The first-order valence-electron chi connectivity index (χ1n) is 2.99. The van der Waals surface area contributed by atoms with Gasteiger partial charge in [-0.25, -0.2) is 13.6 Å². The Hall–Kier alpha value is -0.780. The average Bonchev–Trinajstić information content (AvgIpc) is 1.83. The molecule has 0 aliphatic rings. The van der Waals surface area contributed by atoms with Crippen molar-refractivity contribution < 1.29 is 8.42 Å². The number of anilines is 1. The van der Waals surface area contributed by atoms with E-state index < -0.39 is 10.0 Å². The minimum absolute atomic E-state index is 0.0394. The van der Waals surface area contributed by atoms with Gasteiger partial charge in [-0.1, -0.05) is 11.6 Å². The molecule has 0 aliphatic carbocycles. The molecule has 0 amide bonds. The Kier molecular flexibility index (Phi) is 2.27. The zero-order valence-electron chi connectivity index (χ0n) is 5.99. The molecule has 0 fully saturated rings. The topological polar surface area (TPSA) is 86.2 Å². The molecule has 6 heteroatoms. The fraction of sp³-hybridized carbons (Fsp3) is 0. The molecule has 0 heterocycles. The van der Waals surface area contributed by atoms with Crippen LogP contribution >= 0.6 is 11.6 Å². The first-order chi connectivity index (χ1) is 5.41. The van der Waals surface area contributed by atoms with E-state index in [1.54, 1.807) is 0 Å². The van der Waals surface area contributed by atoms with Crippen LogP contribution in [0.25, 0.3) is 0 Å². The second-order valence-corrected chi connectivity index (χ2v) is 4.17. The molecule has 0 aromatic heterocycles. The number of hydrogen-bond acceptors (Lipinski definition) is 3. The van der Waals surface area contributed by atoms with Gasteiger partial charge in [0, 0.05) is 5.69 Å². The van der Waals surface area contributed by atoms with Crippen molar-refractivity contribution in [2.75, 3.05) is 5.73 Å². The van der Waals surface area contributed by atoms with Gasteiger partial charge in [0.2, 0.25) is 10.0 Å². The molecule has 0 atom stereocenters. The van der Waals surface area contributed by atoms with Crippen molar-refractivity contribution in [3.05, 3.63) is 23.2 Å². The first kappa shape index (κ1) is 9.31. The Balaban J connectivity index is 3.39. The first-order valence-corrected chi connectivity index (χ1v) is 4.91. The summed E-state index contributed by atoms with van der Waals surface area (Å²) in [6.45, 7) is 0. The zero-order chi connectivity index (χ0) is 9.35. The van der Waals surface area contributed by atoms with Crippen LogP contribution < -0.4 is 10.9 Å². The lowest BCUT2D eigenvalue weighted by molar-refractivity contribution is 0.598. The Morgan fingerprint density at radius 1 is 1.33 bits per heavy atom. The minimum Gasteiger partial charge on any atom is -0.399 e. The number of nitrogens with two attached hydrogens (primary N) is 2. The number of rotatable bonds is 1. The quantitative estimate of drug-likeness (QED) is 0.659. The number of primary sulfonamides is 1. The van der Waals surface area contributed by atoms with E-state index in [4.69, 9.17) is 22.5 Å². The number of nitrogen functional groups attached to an aromatic ring is 1. The normalized spacial score (nSPS) is 11.5. The maximum absolute atomic E-state index is 10.8. The van der Waals surface area contributed by atoms with Gasteiger partial charge < -0.3 is 5.73 Å². The molecule has 0 saturated heterocycles. The van der Waals surface area contributed by atoms with Crippen LogP contribution in [0.1, 0.15) is 0 Å². The van der Waals surface area contributed by atoms with Crippen LogP contribution in [-0.2, 0) is 10.0 Å². The summed E-state index contributed by atoms with van der Waals surface area (Å²) in [7, 11) is -3.74. The van der Waals surface area contributed by atoms with Crippen LogP contribution in [0.4, 0.5) is 5.69 Å². The maximum Gasteiger partial charge on any atom is 0.239 e. The molecule has 0 bridgehead atoms. The van der Waals surface area contributed by atoms with Crippen molar-refractivity contribution in [3.63, 3.8) is 0 Å². The highest BCUT2D eigenvalue weighted by atomic mass is 35.5. The van der Waals surface area contributed by atoms with Gasteiger partial charge in [0.15, 0.2) is 0 Å². The monoisotopic (exact) mass is 206 g/mol. The summed E-state index contributed by atoms with van der Waals surface area (Å²) in [6, 6.07) is 4.03. The van der Waals surface area contributed by atoms with E-state index in [0.717, 1.165) is 0 Å². The molecule has 1 aromatic carbocycles. The highest BCUT2D eigenvalue weighted by molar-refractivity contribution is 7.89. The molecule has 1 rings (SSSR count). The van der Waals surface area contributed by atoms with Crippen molar-refractivity contribution in [1.29, 1.82) is 0 Å². The van der Waals surface area contributed by atoms with Crippen molar-refractivity contribution in [2.24, 2.45) is 5.14 Å². The lowest BCUT2D eigenvalue weighted by atomic mass is 10.3. The van der Waals surface area contributed by atoms with E-state index in [1.807, 2.05) is 0 Å². The van der Waals surface area contributed by atoms with E-state index in [2.05, 4.69) is 0 Å². The predicted octanol–water partition coefficient (Wildman–Crippen LogP) is 0.570. The van der Waals surface area contributed by atoms with E-state index in [1.165, 1.54) is 18.2 Å². The van der Waals surface area contributed by atoms with Crippen LogP contribution in [0.15, 0.2) is 23.1 Å². The third-order valence-corrected chi connectivity index (χ3v) is 2.66. The lowest BCUT2D eigenvalue weighted by Crippen LogP contribution is -2.12. The Morgan fingerprint density at radius 3 is 2.33 bits per heavy atom. The van der Waals surface area contributed by atoms with E-state index in [9.17, 15) is 8.42 Å². The van der Waals surface area contributed by atoms with Crippen molar-refractivity contribution in [2.45, 2.75) is 4.90 Å². The van der Waals surface area contributed by atoms with Crippen LogP contribution in [-0.4, -0.2) is 8.42 Å². The lowest BCUT2D eigenvalue weighted by Gasteiger charge is -2.01. The number of benzene rings is 1. The van der Waals surface area contributed by atoms with Gasteiger partial charge in [-0.2, -0.15) is 0 Å². The molecule has 0 radical (unpaired) electrons. The molecule has 66 valence electrons. The fourth-order valence-electron chi connectivity index (χ4n) is 0.748. The SMILES string of the molecule is Nc1ccc(S(N)(=O)=O)c(Cl)c1. The van der Waals surface area contributed by atoms with Gasteiger partial charge in [-0.3, -0.25) is 0 Å². The van der Waals surface area contributed by atoms with Gasteiger partial charge in [0.05, 0.1) is 5.02 Å². The van der Waals surface area contributed by atoms with Gasteiger partial charge in [0.25, 0.3) is 0 Å². The third kappa shape index (κ3) is 1.88. The summed E-state index contributed by atoms with van der Waals surface area (Å²) in [5, 5.41) is 4.89. The Morgan fingerprint density at radius 2 is 1.92 bits per heavy atom. The van der Waals surface area contributed by atoms with Crippen molar-refractivity contribution in [3.8, 4) is 0 Å². The standard InChI is InChI=1S/C6H7ClN2O2S/c7-5-3-4(8)1-2-6(5)12(9,10)11/h1-3H,8H2,(H2,9,10,11). The molecular formula is C6H7ClN2O2S. The molecule has 4 nitrogen and oxygen atoms in total. The third-order valence-electron chi connectivity index (χ3n) is 1.26. The molecule has 0 saturated carbocycles. The second-order valence-electron chi connectivity index (χ2n) is 2.23. The van der Waals surface area contributed by atoms with Crippen molar-refractivity contribution in [1.82, 2.24) is 0 Å². The summed E-state index contributed by atoms with van der Waals surface area (Å²) in [4.78, 5) is -0.113. The number of halogens is 1. The molecule has 4 N–H and O–H groups in total. The molecular weight excluding hydrogens is 200 g/mol. The Bertz CT molecular complexity index is 402. The van der Waals surface area contributed by atoms with E-state index >= 15 is 0 Å². The number of sulfonamides is 1.